The molecule has 0 saturated carbocycles. The summed E-state index contributed by atoms with van der Waals surface area (Å²) in [6.07, 6.45) is 2.33. The van der Waals surface area contributed by atoms with E-state index >= 15 is 0 Å². The summed E-state index contributed by atoms with van der Waals surface area (Å²) in [6.45, 7) is 3.70. The Hall–Kier alpha value is -4.07. The highest BCUT2D eigenvalue weighted by Crippen LogP contribution is 2.46. The summed E-state index contributed by atoms with van der Waals surface area (Å²) >= 11 is 0. The number of hydrogen-bond donors (Lipinski definition) is 1. The third-order valence-corrected chi connectivity index (χ3v) is 7.51. The maximum absolute atomic E-state index is 14.3. The van der Waals surface area contributed by atoms with Crippen LogP contribution >= 0.6 is 0 Å². The van der Waals surface area contributed by atoms with Crippen molar-refractivity contribution in [1.82, 2.24) is 14.9 Å². The molecule has 5 rings (SSSR count). The van der Waals surface area contributed by atoms with Crippen LogP contribution in [0.2, 0.25) is 0 Å². The topological polar surface area (TPSA) is 111 Å². The van der Waals surface area contributed by atoms with Gasteiger partial charge in [-0.2, -0.15) is 15.2 Å². The van der Waals surface area contributed by atoms with Crippen molar-refractivity contribution in [2.45, 2.75) is 43.6 Å². The van der Waals surface area contributed by atoms with Gasteiger partial charge < -0.3 is 19.9 Å². The van der Waals surface area contributed by atoms with Gasteiger partial charge in [-0.1, -0.05) is 12.6 Å². The lowest BCUT2D eigenvalue weighted by atomic mass is 9.65. The summed E-state index contributed by atoms with van der Waals surface area (Å²) in [5, 5.41) is 12.3. The molecule has 2 aliphatic heterocycles. The fraction of sp³-hybridized carbons (Fsp3) is 0.423. The van der Waals surface area contributed by atoms with Crippen LogP contribution in [0.5, 0.6) is 6.01 Å². The average Bonchev–Trinajstić information content (AvgIpc) is 2.89. The second-order valence-corrected chi connectivity index (χ2v) is 9.59. The average molecular weight is 509 g/mol. The summed E-state index contributed by atoms with van der Waals surface area (Å²) in [5.74, 6) is -2.18. The first-order chi connectivity index (χ1) is 17.8. The normalized spacial score (nSPS) is 22.5. The number of nitriles is 1. The maximum atomic E-state index is 14.3. The Morgan fingerprint density at radius 3 is 2.92 bits per heavy atom. The smallest absolute Gasteiger partial charge is 0.318 e. The van der Waals surface area contributed by atoms with Crippen molar-refractivity contribution in [3.05, 3.63) is 53.2 Å². The number of hydrogen-bond acceptors (Lipinski definition) is 7. The number of piperazine rings is 1. The van der Waals surface area contributed by atoms with Gasteiger partial charge in [0.05, 0.1) is 36.8 Å². The highest BCUT2D eigenvalue weighted by atomic mass is 19.1. The van der Waals surface area contributed by atoms with Gasteiger partial charge in [0.25, 0.3) is 5.91 Å². The van der Waals surface area contributed by atoms with E-state index in [4.69, 9.17) is 4.74 Å². The molecule has 192 valence electrons. The molecule has 3 heterocycles. The summed E-state index contributed by atoms with van der Waals surface area (Å²) in [5.41, 5.74) is 1.64. The first-order valence-corrected chi connectivity index (χ1v) is 12.1. The van der Waals surface area contributed by atoms with Crippen LogP contribution in [0, 0.1) is 17.1 Å². The Kier molecular flexibility index (Phi) is 6.27. The van der Waals surface area contributed by atoms with Gasteiger partial charge >= 0.3 is 6.01 Å². The number of ether oxygens (including phenoxy) is 1. The fourth-order valence-corrected chi connectivity index (χ4v) is 5.75. The third kappa shape index (κ3) is 4.16. The van der Waals surface area contributed by atoms with Gasteiger partial charge in [0.1, 0.15) is 11.5 Å². The zero-order chi connectivity index (χ0) is 26.3. The second-order valence-electron chi connectivity index (χ2n) is 9.59. The number of fused-ring (bicyclic) bond motifs is 3. The van der Waals surface area contributed by atoms with Crippen LogP contribution in [0.1, 0.15) is 36.1 Å². The minimum absolute atomic E-state index is 0.0161. The number of nitrogens with one attached hydrogen (secondary N) is 1. The lowest BCUT2D eigenvalue weighted by Gasteiger charge is -2.44. The van der Waals surface area contributed by atoms with E-state index in [9.17, 15) is 23.6 Å². The Labute approximate surface area is 212 Å². The molecule has 2 aromatic rings. The van der Waals surface area contributed by atoms with Crippen LogP contribution in [0.15, 0.2) is 30.6 Å². The largest absolute Gasteiger partial charge is 0.467 e. The first kappa shape index (κ1) is 24.6. The van der Waals surface area contributed by atoms with Crippen molar-refractivity contribution >= 4 is 23.3 Å². The van der Waals surface area contributed by atoms with Crippen molar-refractivity contribution < 1.29 is 23.1 Å². The fourth-order valence-electron chi connectivity index (χ4n) is 5.75. The SMILES string of the molecule is C=C(F)C(=O)N1CCN(c2nc(OC)nc3c2NC(=O)C2(CCCc4ccc(F)cc42)C3)CC1CC#N. The number of rotatable bonds is 4. The monoisotopic (exact) mass is 508 g/mol. The van der Waals surface area contributed by atoms with E-state index in [1.165, 1.54) is 24.1 Å². The van der Waals surface area contributed by atoms with Gasteiger partial charge in [-0.3, -0.25) is 9.59 Å². The molecule has 1 aromatic carbocycles. The quantitative estimate of drug-likeness (QED) is 0.632. The Morgan fingerprint density at radius 1 is 1.38 bits per heavy atom. The molecule has 11 heteroatoms. The molecular formula is C26H26F2N6O3. The molecule has 9 nitrogen and oxygen atoms in total. The van der Waals surface area contributed by atoms with E-state index in [1.54, 1.807) is 6.07 Å². The second kappa shape index (κ2) is 9.42. The van der Waals surface area contributed by atoms with Gasteiger partial charge in [0.15, 0.2) is 11.6 Å². The number of carbonyl (C=O) groups is 2. The number of benzene rings is 1. The minimum Gasteiger partial charge on any atom is -0.467 e. The number of anilines is 2. The zero-order valence-corrected chi connectivity index (χ0v) is 20.4. The lowest BCUT2D eigenvalue weighted by molar-refractivity contribution is -0.131. The molecule has 1 N–H and O–H groups in total. The number of nitrogens with zero attached hydrogens (tertiary/aromatic N) is 5. The highest BCUT2D eigenvalue weighted by molar-refractivity contribution is 6.04. The van der Waals surface area contributed by atoms with E-state index in [2.05, 4.69) is 21.9 Å². The molecule has 1 saturated heterocycles. The molecule has 1 aliphatic carbocycles. The van der Waals surface area contributed by atoms with Crippen LogP contribution in [-0.2, 0) is 27.8 Å². The Bertz CT molecular complexity index is 1340. The number of aromatic nitrogens is 2. The number of halogens is 2. The van der Waals surface area contributed by atoms with Crippen molar-refractivity contribution in [2.75, 3.05) is 37.0 Å². The van der Waals surface area contributed by atoms with Crippen LogP contribution in [0.25, 0.3) is 0 Å². The first-order valence-electron chi connectivity index (χ1n) is 12.1. The molecule has 1 aromatic heterocycles. The molecule has 3 aliphatic rings. The standard InChI is InChI=1S/C26H26F2N6O3/c1-15(27)23(35)34-11-10-33(14-18(34)7-9-29)22-21-20(30-25(32-22)37-2)13-26(24(36)31-21)8-3-4-16-5-6-17(28)12-19(16)26/h5-6,12,18H,1,3-4,7-8,10-11,13-14H2,2H3,(H,31,36). The molecule has 1 fully saturated rings. The Morgan fingerprint density at radius 2 is 2.19 bits per heavy atom. The van der Waals surface area contributed by atoms with Crippen molar-refractivity contribution in [2.24, 2.45) is 0 Å². The van der Waals surface area contributed by atoms with E-state index in [0.717, 1.165) is 18.4 Å². The number of aryl methyl sites for hydroxylation is 1. The van der Waals surface area contributed by atoms with Gasteiger partial charge in [-0.05, 0) is 42.5 Å². The van der Waals surface area contributed by atoms with Crippen LogP contribution < -0.4 is 15.0 Å². The Balaban J connectivity index is 1.53. The lowest BCUT2D eigenvalue weighted by Crippen LogP contribution is -2.56. The molecule has 0 bridgehead atoms. The molecule has 2 unspecified atom stereocenters. The molecule has 2 atom stereocenters. The zero-order valence-electron chi connectivity index (χ0n) is 20.4. The van der Waals surface area contributed by atoms with Crippen LogP contribution in [0.4, 0.5) is 20.3 Å². The maximum Gasteiger partial charge on any atom is 0.318 e. The predicted molar refractivity (Wildman–Crippen MR) is 130 cm³/mol. The summed E-state index contributed by atoms with van der Waals surface area (Å²) in [4.78, 5) is 38.2. The number of amides is 2. The number of carbonyl (C=O) groups excluding carboxylic acids is 2. The molecule has 37 heavy (non-hydrogen) atoms. The number of methoxy groups -OCH3 is 1. The van der Waals surface area contributed by atoms with Crippen molar-refractivity contribution in [1.29, 1.82) is 5.26 Å². The van der Waals surface area contributed by atoms with Gasteiger partial charge in [-0.15, -0.1) is 0 Å². The minimum atomic E-state index is -1.08. The third-order valence-electron chi connectivity index (χ3n) is 7.51. The van der Waals surface area contributed by atoms with Crippen molar-refractivity contribution in [3.63, 3.8) is 0 Å². The molecule has 0 radical (unpaired) electrons. The molecule has 2 amide bonds. The predicted octanol–water partition coefficient (Wildman–Crippen LogP) is 2.81. The van der Waals surface area contributed by atoms with Crippen LogP contribution in [0.3, 0.4) is 0 Å². The van der Waals surface area contributed by atoms with E-state index in [1.807, 2.05) is 11.0 Å². The van der Waals surface area contributed by atoms with E-state index in [0.29, 0.717) is 29.2 Å². The summed E-state index contributed by atoms with van der Waals surface area (Å²) in [6, 6.07) is 6.14. The van der Waals surface area contributed by atoms with Gasteiger partial charge in [0, 0.05) is 26.1 Å². The highest BCUT2D eigenvalue weighted by Gasteiger charge is 2.48. The van der Waals surface area contributed by atoms with Gasteiger partial charge in [0.2, 0.25) is 5.91 Å². The van der Waals surface area contributed by atoms with E-state index < -0.39 is 29.0 Å². The molecule has 1 spiro atoms. The molecular weight excluding hydrogens is 482 g/mol. The van der Waals surface area contributed by atoms with Crippen molar-refractivity contribution in [3.8, 4) is 12.1 Å². The van der Waals surface area contributed by atoms with Crippen LogP contribution in [-0.4, -0.2) is 59.5 Å². The van der Waals surface area contributed by atoms with E-state index in [-0.39, 0.29) is 44.4 Å². The summed E-state index contributed by atoms with van der Waals surface area (Å²) < 4.78 is 33.2. The summed E-state index contributed by atoms with van der Waals surface area (Å²) in [7, 11) is 1.44. The van der Waals surface area contributed by atoms with Gasteiger partial charge in [-0.25, -0.2) is 8.78 Å².